The Morgan fingerprint density at radius 2 is 2.08 bits per heavy atom. The van der Waals surface area contributed by atoms with Crippen molar-refractivity contribution in [1.82, 2.24) is 4.98 Å². The first kappa shape index (κ1) is 19.1. The summed E-state index contributed by atoms with van der Waals surface area (Å²) < 4.78 is 11.6. The summed E-state index contributed by atoms with van der Waals surface area (Å²) in [5.74, 6) is 0.767. The Labute approximate surface area is 158 Å². The summed E-state index contributed by atoms with van der Waals surface area (Å²) in [7, 11) is 1.36. The quantitative estimate of drug-likeness (QED) is 0.428. The predicted molar refractivity (Wildman–Crippen MR) is 106 cm³/mol. The average Bonchev–Trinajstić information content (AvgIpc) is 3.07. The fourth-order valence-corrected chi connectivity index (χ4v) is 4.71. The smallest absolute Gasteiger partial charge is 0.340 e. The number of fused-ring (bicyclic) bond motifs is 1. The lowest BCUT2D eigenvalue weighted by Gasteiger charge is -2.27. The van der Waals surface area contributed by atoms with Crippen molar-refractivity contribution in [1.29, 1.82) is 0 Å². The van der Waals surface area contributed by atoms with Crippen LogP contribution in [0.4, 0.5) is 5.69 Å². The Kier molecular flexibility index (Phi) is 6.48. The zero-order valence-corrected chi connectivity index (χ0v) is 16.4. The highest BCUT2D eigenvalue weighted by atomic mass is 32.1. The molecular weight excluding hydrogens is 348 g/mol. The van der Waals surface area contributed by atoms with Crippen LogP contribution in [0.15, 0.2) is 12.1 Å². The average molecular weight is 377 g/mol. The molecule has 1 aromatic heterocycles. The summed E-state index contributed by atoms with van der Waals surface area (Å²) in [6.45, 7) is 3.97. The number of ether oxygens (including phenoxy) is 2. The van der Waals surface area contributed by atoms with E-state index in [0.717, 1.165) is 47.7 Å². The van der Waals surface area contributed by atoms with E-state index in [1.54, 1.807) is 17.4 Å². The molecule has 0 atom stereocenters. The van der Waals surface area contributed by atoms with Crippen molar-refractivity contribution in [3.05, 3.63) is 22.7 Å². The SMILES string of the molecule is CCCCOC[C@H]1CC[C@H](c2nc3cc(C(=O)OC)c(N)cc3s2)CC1. The van der Waals surface area contributed by atoms with Crippen molar-refractivity contribution in [2.45, 2.75) is 51.4 Å². The second-order valence-electron chi connectivity index (χ2n) is 7.10. The molecule has 26 heavy (non-hydrogen) atoms. The number of nitrogens with zero attached hydrogens (tertiary/aromatic N) is 1. The van der Waals surface area contributed by atoms with Crippen LogP contribution in [-0.4, -0.2) is 31.3 Å². The number of benzene rings is 1. The number of thiazole rings is 1. The van der Waals surface area contributed by atoms with Gasteiger partial charge in [0.15, 0.2) is 0 Å². The molecule has 1 fully saturated rings. The summed E-state index contributed by atoms with van der Waals surface area (Å²) in [6.07, 6.45) is 7.04. The normalized spacial score (nSPS) is 20.4. The van der Waals surface area contributed by atoms with Gasteiger partial charge in [0.25, 0.3) is 0 Å². The summed E-state index contributed by atoms with van der Waals surface area (Å²) in [5, 5.41) is 1.16. The molecule has 1 heterocycles. The third kappa shape index (κ3) is 4.35. The van der Waals surface area contributed by atoms with Gasteiger partial charge in [0, 0.05) is 24.8 Å². The maximum absolute atomic E-state index is 11.8. The van der Waals surface area contributed by atoms with Gasteiger partial charge in [-0.1, -0.05) is 13.3 Å². The molecule has 1 aliphatic carbocycles. The Bertz CT molecular complexity index is 751. The summed E-state index contributed by atoms with van der Waals surface area (Å²) >= 11 is 1.70. The highest BCUT2D eigenvalue weighted by Crippen LogP contribution is 2.39. The van der Waals surface area contributed by atoms with Crippen LogP contribution >= 0.6 is 11.3 Å². The fourth-order valence-electron chi connectivity index (χ4n) is 3.54. The maximum Gasteiger partial charge on any atom is 0.340 e. The predicted octanol–water partition coefficient (Wildman–Crippen LogP) is 4.76. The molecule has 1 aliphatic rings. The molecule has 142 valence electrons. The number of anilines is 1. The van der Waals surface area contributed by atoms with Crippen LogP contribution in [0.2, 0.25) is 0 Å². The van der Waals surface area contributed by atoms with Gasteiger partial charge in [-0.05, 0) is 50.2 Å². The van der Waals surface area contributed by atoms with Gasteiger partial charge in [0.2, 0.25) is 0 Å². The third-order valence-electron chi connectivity index (χ3n) is 5.17. The number of carbonyl (C=O) groups excluding carboxylic acids is 1. The first-order valence-electron chi connectivity index (χ1n) is 9.48. The zero-order valence-electron chi connectivity index (χ0n) is 15.6. The molecule has 6 heteroatoms. The highest BCUT2D eigenvalue weighted by molar-refractivity contribution is 7.18. The second kappa shape index (κ2) is 8.82. The molecule has 0 amide bonds. The molecule has 0 aliphatic heterocycles. The van der Waals surface area contributed by atoms with E-state index in [-0.39, 0.29) is 0 Å². The first-order valence-corrected chi connectivity index (χ1v) is 10.3. The zero-order chi connectivity index (χ0) is 18.5. The van der Waals surface area contributed by atoms with Gasteiger partial charge < -0.3 is 15.2 Å². The molecule has 1 saturated carbocycles. The lowest BCUT2D eigenvalue weighted by atomic mass is 9.83. The van der Waals surface area contributed by atoms with Gasteiger partial charge in [-0.3, -0.25) is 0 Å². The van der Waals surface area contributed by atoms with Gasteiger partial charge in [0.1, 0.15) is 0 Å². The van der Waals surface area contributed by atoms with Crippen LogP contribution < -0.4 is 5.73 Å². The molecule has 2 aromatic rings. The van der Waals surface area contributed by atoms with Crippen LogP contribution in [0.5, 0.6) is 0 Å². The van der Waals surface area contributed by atoms with Gasteiger partial charge in [-0.25, -0.2) is 9.78 Å². The number of rotatable bonds is 7. The van der Waals surface area contributed by atoms with Crippen LogP contribution in [0.3, 0.4) is 0 Å². The van der Waals surface area contributed by atoms with Gasteiger partial charge >= 0.3 is 5.97 Å². The molecular formula is C20H28N2O3S. The number of hydrogen-bond donors (Lipinski definition) is 1. The molecule has 0 radical (unpaired) electrons. The molecule has 3 rings (SSSR count). The van der Waals surface area contributed by atoms with E-state index in [1.807, 2.05) is 6.07 Å². The standard InChI is InChI=1S/C20H28N2O3S/c1-3-4-9-25-12-13-5-7-14(8-6-13)19-22-17-10-15(20(23)24-2)16(21)11-18(17)26-19/h10-11,13-14H,3-9,12,21H2,1-2H3/t13-,14-. The monoisotopic (exact) mass is 376 g/mol. The van der Waals surface area contributed by atoms with E-state index in [9.17, 15) is 4.79 Å². The van der Waals surface area contributed by atoms with Gasteiger partial charge in [-0.15, -0.1) is 11.3 Å². The number of methoxy groups -OCH3 is 1. The first-order chi connectivity index (χ1) is 12.6. The van der Waals surface area contributed by atoms with Crippen LogP contribution in [0.1, 0.15) is 66.7 Å². The van der Waals surface area contributed by atoms with Crippen molar-refractivity contribution in [2.24, 2.45) is 5.92 Å². The van der Waals surface area contributed by atoms with E-state index < -0.39 is 5.97 Å². The van der Waals surface area contributed by atoms with Crippen molar-refractivity contribution >= 4 is 33.2 Å². The van der Waals surface area contributed by atoms with E-state index in [2.05, 4.69) is 6.92 Å². The minimum absolute atomic E-state index is 0.393. The lowest BCUT2D eigenvalue weighted by molar-refractivity contribution is 0.0602. The second-order valence-corrected chi connectivity index (χ2v) is 8.16. The minimum Gasteiger partial charge on any atom is -0.465 e. The topological polar surface area (TPSA) is 74.4 Å². The van der Waals surface area contributed by atoms with Crippen LogP contribution in [-0.2, 0) is 9.47 Å². The van der Waals surface area contributed by atoms with Crippen molar-refractivity contribution < 1.29 is 14.3 Å². The fraction of sp³-hybridized carbons (Fsp3) is 0.600. The molecule has 0 spiro atoms. The van der Waals surface area contributed by atoms with E-state index >= 15 is 0 Å². The molecule has 0 bridgehead atoms. The number of carbonyl (C=O) groups is 1. The number of hydrogen-bond acceptors (Lipinski definition) is 6. The summed E-state index contributed by atoms with van der Waals surface area (Å²) in [4.78, 5) is 16.6. The number of aromatic nitrogens is 1. The van der Waals surface area contributed by atoms with Crippen LogP contribution in [0, 0.1) is 5.92 Å². The van der Waals surface area contributed by atoms with Crippen molar-refractivity contribution in [2.75, 3.05) is 26.1 Å². The van der Waals surface area contributed by atoms with E-state index in [1.165, 1.54) is 26.4 Å². The maximum atomic E-state index is 11.8. The Morgan fingerprint density at radius 3 is 2.77 bits per heavy atom. The number of esters is 1. The lowest BCUT2D eigenvalue weighted by Crippen LogP contribution is -2.18. The van der Waals surface area contributed by atoms with E-state index in [0.29, 0.717) is 23.1 Å². The third-order valence-corrected chi connectivity index (χ3v) is 6.35. The van der Waals surface area contributed by atoms with Gasteiger partial charge in [0.05, 0.1) is 27.9 Å². The molecule has 0 saturated heterocycles. The Balaban J connectivity index is 1.63. The van der Waals surface area contributed by atoms with Crippen molar-refractivity contribution in [3.63, 3.8) is 0 Å². The molecule has 2 N–H and O–H groups in total. The van der Waals surface area contributed by atoms with Crippen molar-refractivity contribution in [3.8, 4) is 0 Å². The molecule has 0 unspecified atom stereocenters. The number of nitrogen functional groups attached to an aromatic ring is 1. The number of nitrogens with two attached hydrogens (primary N) is 1. The van der Waals surface area contributed by atoms with E-state index in [4.69, 9.17) is 20.2 Å². The molecule has 5 nitrogen and oxygen atoms in total. The largest absolute Gasteiger partial charge is 0.465 e. The Morgan fingerprint density at radius 1 is 1.31 bits per heavy atom. The summed E-state index contributed by atoms with van der Waals surface area (Å²) in [5.41, 5.74) is 7.68. The molecule has 1 aromatic carbocycles. The Hall–Kier alpha value is -1.66. The minimum atomic E-state index is -0.414. The van der Waals surface area contributed by atoms with Gasteiger partial charge in [-0.2, -0.15) is 0 Å². The highest BCUT2D eigenvalue weighted by Gasteiger charge is 2.25. The van der Waals surface area contributed by atoms with Crippen LogP contribution in [0.25, 0.3) is 10.2 Å². The summed E-state index contributed by atoms with van der Waals surface area (Å²) in [6, 6.07) is 3.60. The number of unbranched alkanes of at least 4 members (excludes halogenated alkanes) is 1.